The molecule has 1 aliphatic heterocycles. The molecule has 0 bridgehead atoms. The molecule has 0 aliphatic carbocycles. The van der Waals surface area contributed by atoms with E-state index in [2.05, 4.69) is 15.0 Å². The third kappa shape index (κ3) is 4.25. The van der Waals surface area contributed by atoms with E-state index in [1.54, 1.807) is 29.4 Å². The van der Waals surface area contributed by atoms with E-state index in [1.807, 2.05) is 54.6 Å². The Morgan fingerprint density at radius 3 is 2.70 bits per heavy atom. The zero-order chi connectivity index (χ0) is 25.4. The Balaban J connectivity index is 1.45. The Morgan fingerprint density at radius 2 is 1.92 bits per heavy atom. The predicted molar refractivity (Wildman–Crippen MR) is 139 cm³/mol. The van der Waals surface area contributed by atoms with E-state index in [9.17, 15) is 9.90 Å². The topological polar surface area (TPSA) is 114 Å². The summed E-state index contributed by atoms with van der Waals surface area (Å²) in [5.74, 6) is 0. The van der Waals surface area contributed by atoms with Crippen molar-refractivity contribution in [3.8, 4) is 17.3 Å². The second kappa shape index (κ2) is 9.54. The molecule has 0 radical (unpaired) electrons. The average Bonchev–Trinajstić information content (AvgIpc) is 2.94. The number of hydrogen-bond acceptors (Lipinski definition) is 7. The minimum atomic E-state index is -0.752. The first kappa shape index (κ1) is 23.0. The Hall–Kier alpha value is -4.45. The number of hydrogen-bond donors (Lipinski definition) is 1. The normalized spacial score (nSPS) is 17.6. The average molecular weight is 490 g/mol. The van der Waals surface area contributed by atoms with Crippen molar-refractivity contribution in [2.45, 2.75) is 25.0 Å². The van der Waals surface area contributed by atoms with Crippen LogP contribution in [-0.4, -0.2) is 43.9 Å². The van der Waals surface area contributed by atoms with Crippen molar-refractivity contribution in [2.75, 3.05) is 13.2 Å². The summed E-state index contributed by atoms with van der Waals surface area (Å²) in [5, 5.41) is 21.9. The molecule has 1 fully saturated rings. The number of nitriles is 1. The van der Waals surface area contributed by atoms with Crippen LogP contribution in [0.4, 0.5) is 0 Å². The number of nitrogens with zero attached hydrogens (tertiary/aromatic N) is 5. The highest BCUT2D eigenvalue weighted by molar-refractivity contribution is 6.06. The molecule has 6 rings (SSSR count). The van der Waals surface area contributed by atoms with Crippen LogP contribution < -0.4 is 5.56 Å². The summed E-state index contributed by atoms with van der Waals surface area (Å²) in [4.78, 5) is 26.9. The van der Waals surface area contributed by atoms with Crippen LogP contribution in [0.25, 0.3) is 32.9 Å². The van der Waals surface area contributed by atoms with Gasteiger partial charge in [0.05, 0.1) is 41.7 Å². The Morgan fingerprint density at radius 1 is 1.05 bits per heavy atom. The van der Waals surface area contributed by atoms with Crippen LogP contribution in [0.2, 0.25) is 0 Å². The molecule has 0 spiro atoms. The Bertz CT molecular complexity index is 1720. The van der Waals surface area contributed by atoms with Gasteiger partial charge in [-0.15, -0.1) is 0 Å². The summed E-state index contributed by atoms with van der Waals surface area (Å²) < 4.78 is 6.90. The van der Waals surface area contributed by atoms with Crippen LogP contribution in [0, 0.1) is 11.3 Å². The van der Waals surface area contributed by atoms with Crippen molar-refractivity contribution in [1.82, 2.24) is 19.5 Å². The van der Waals surface area contributed by atoms with Gasteiger partial charge in [0.15, 0.2) is 0 Å². The van der Waals surface area contributed by atoms with Gasteiger partial charge in [-0.25, -0.2) is 9.97 Å². The lowest BCUT2D eigenvalue weighted by Gasteiger charge is -2.29. The smallest absolute Gasteiger partial charge is 0.261 e. The minimum Gasteiger partial charge on any atom is -0.389 e. The molecule has 5 aromatic rings. The lowest BCUT2D eigenvalue weighted by molar-refractivity contribution is -0.0395. The third-order valence-electron chi connectivity index (χ3n) is 6.92. The van der Waals surface area contributed by atoms with E-state index in [0.717, 1.165) is 33.2 Å². The first-order chi connectivity index (χ1) is 18.1. The standard InChI is InChI=1S/C29H23N5O3/c30-14-21-6-5-19(15-32-21)25-12-18(7-9-31-25)11-20-13-24-28(23-4-2-1-3-22(20)23)33-17-34(29(24)36)26-8-10-37-16-27(26)35/h1-7,9,12-13,15,17,26-27,35H,8,10-11,16H2/t26-,27-/m0/s1. The number of pyridine rings is 2. The maximum absolute atomic E-state index is 13.6. The van der Waals surface area contributed by atoms with E-state index < -0.39 is 6.10 Å². The summed E-state index contributed by atoms with van der Waals surface area (Å²) in [5.41, 5.74) is 4.46. The SMILES string of the molecule is N#Cc1ccc(-c2cc(Cc3cc4c(=O)n([C@H]5CCOC[C@@H]5O)cnc4c4ccccc34)ccn2)cn1. The largest absolute Gasteiger partial charge is 0.389 e. The van der Waals surface area contributed by atoms with Gasteiger partial charge in [0.25, 0.3) is 5.56 Å². The van der Waals surface area contributed by atoms with Crippen molar-refractivity contribution in [3.63, 3.8) is 0 Å². The molecule has 0 amide bonds. The van der Waals surface area contributed by atoms with E-state index in [1.165, 1.54) is 0 Å². The lowest BCUT2D eigenvalue weighted by atomic mass is 9.95. The number of aliphatic hydroxyl groups excluding tert-OH is 1. The van der Waals surface area contributed by atoms with Gasteiger partial charge in [0.2, 0.25) is 0 Å². The van der Waals surface area contributed by atoms with Crippen molar-refractivity contribution in [3.05, 3.63) is 100 Å². The quantitative estimate of drug-likeness (QED) is 0.382. The molecule has 1 N–H and O–H groups in total. The molecule has 182 valence electrons. The van der Waals surface area contributed by atoms with Crippen molar-refractivity contribution in [2.24, 2.45) is 0 Å². The molecule has 4 heterocycles. The molecular formula is C29H23N5O3. The molecule has 37 heavy (non-hydrogen) atoms. The van der Waals surface area contributed by atoms with Crippen LogP contribution in [0.1, 0.15) is 29.3 Å². The summed E-state index contributed by atoms with van der Waals surface area (Å²) in [6, 6.07) is 19.0. The van der Waals surface area contributed by atoms with Gasteiger partial charge in [-0.1, -0.05) is 24.3 Å². The zero-order valence-corrected chi connectivity index (χ0v) is 19.9. The van der Waals surface area contributed by atoms with Gasteiger partial charge in [-0.2, -0.15) is 5.26 Å². The summed E-state index contributed by atoms with van der Waals surface area (Å²) in [6.07, 6.45) is 5.35. The van der Waals surface area contributed by atoms with Crippen LogP contribution in [-0.2, 0) is 11.2 Å². The predicted octanol–water partition coefficient (Wildman–Crippen LogP) is 3.79. The second-order valence-electron chi connectivity index (χ2n) is 9.20. The monoisotopic (exact) mass is 489 g/mol. The molecular weight excluding hydrogens is 466 g/mol. The highest BCUT2D eigenvalue weighted by Gasteiger charge is 2.27. The summed E-state index contributed by atoms with van der Waals surface area (Å²) >= 11 is 0. The molecule has 0 saturated carbocycles. The number of benzene rings is 2. The van der Waals surface area contributed by atoms with Gasteiger partial charge in [0, 0.05) is 30.0 Å². The fourth-order valence-corrected chi connectivity index (χ4v) is 5.04. The number of ether oxygens (including phenoxy) is 1. The molecule has 1 saturated heterocycles. The lowest BCUT2D eigenvalue weighted by Crippen LogP contribution is -2.39. The number of rotatable bonds is 4. The van der Waals surface area contributed by atoms with E-state index in [0.29, 0.717) is 36.0 Å². The number of aromatic nitrogens is 4. The summed E-state index contributed by atoms with van der Waals surface area (Å²) in [7, 11) is 0. The zero-order valence-electron chi connectivity index (χ0n) is 19.9. The molecule has 2 aromatic carbocycles. The number of aliphatic hydroxyl groups is 1. The molecule has 3 aromatic heterocycles. The highest BCUT2D eigenvalue weighted by Crippen LogP contribution is 2.29. The maximum Gasteiger partial charge on any atom is 0.261 e. The fraction of sp³-hybridized carbons (Fsp3) is 0.207. The van der Waals surface area contributed by atoms with Gasteiger partial charge >= 0.3 is 0 Å². The second-order valence-corrected chi connectivity index (χ2v) is 9.20. The number of fused-ring (bicyclic) bond motifs is 3. The van der Waals surface area contributed by atoms with E-state index >= 15 is 0 Å². The highest BCUT2D eigenvalue weighted by atomic mass is 16.5. The van der Waals surface area contributed by atoms with Gasteiger partial charge < -0.3 is 9.84 Å². The van der Waals surface area contributed by atoms with E-state index in [-0.39, 0.29) is 18.2 Å². The third-order valence-corrected chi connectivity index (χ3v) is 6.92. The van der Waals surface area contributed by atoms with Crippen LogP contribution in [0.5, 0.6) is 0 Å². The first-order valence-corrected chi connectivity index (χ1v) is 12.1. The Labute approximate surface area is 212 Å². The van der Waals surface area contributed by atoms with Gasteiger partial charge in [-0.05, 0) is 59.7 Å². The van der Waals surface area contributed by atoms with Crippen molar-refractivity contribution in [1.29, 1.82) is 5.26 Å². The molecule has 0 unspecified atom stereocenters. The Kier molecular flexibility index (Phi) is 5.93. The molecule has 1 aliphatic rings. The molecule has 2 atom stereocenters. The first-order valence-electron chi connectivity index (χ1n) is 12.1. The molecule has 8 heteroatoms. The van der Waals surface area contributed by atoms with Crippen LogP contribution in [0.3, 0.4) is 0 Å². The fourth-order valence-electron chi connectivity index (χ4n) is 5.04. The maximum atomic E-state index is 13.6. The van der Waals surface area contributed by atoms with Gasteiger partial charge in [0.1, 0.15) is 11.8 Å². The van der Waals surface area contributed by atoms with Crippen molar-refractivity contribution >= 4 is 21.7 Å². The van der Waals surface area contributed by atoms with Crippen LogP contribution in [0.15, 0.2) is 78.1 Å². The summed E-state index contributed by atoms with van der Waals surface area (Å²) in [6.45, 7) is 0.700. The van der Waals surface area contributed by atoms with E-state index in [4.69, 9.17) is 10.00 Å². The van der Waals surface area contributed by atoms with Crippen LogP contribution >= 0.6 is 0 Å². The van der Waals surface area contributed by atoms with Crippen molar-refractivity contribution < 1.29 is 9.84 Å². The molecule has 8 nitrogen and oxygen atoms in total. The minimum absolute atomic E-state index is 0.165. The van der Waals surface area contributed by atoms with Gasteiger partial charge in [-0.3, -0.25) is 14.3 Å².